The van der Waals surface area contributed by atoms with Gasteiger partial charge in [0, 0.05) is 11.8 Å². The molecule has 0 spiro atoms. The van der Waals surface area contributed by atoms with E-state index in [4.69, 9.17) is 10.5 Å². The molecule has 0 bridgehead atoms. The first-order valence-corrected chi connectivity index (χ1v) is 10.9. The van der Waals surface area contributed by atoms with E-state index in [1.54, 1.807) is 6.33 Å². The average Bonchev–Trinajstić information content (AvgIpc) is 3.43. The van der Waals surface area contributed by atoms with E-state index in [1.165, 1.54) is 24.0 Å². The number of nitrogens with two attached hydrogens (primary N) is 1. The van der Waals surface area contributed by atoms with Crippen molar-refractivity contribution in [3.05, 3.63) is 66.3 Å². The van der Waals surface area contributed by atoms with E-state index >= 15 is 0 Å². The van der Waals surface area contributed by atoms with Crippen molar-refractivity contribution in [2.45, 2.75) is 39.2 Å². The van der Waals surface area contributed by atoms with Crippen LogP contribution in [-0.2, 0) is 6.54 Å². The molecule has 1 aliphatic rings. The minimum atomic E-state index is 0.516. The number of rotatable bonds is 6. The summed E-state index contributed by atoms with van der Waals surface area (Å²) in [7, 11) is 0. The topological polar surface area (TPSA) is 81.8 Å². The summed E-state index contributed by atoms with van der Waals surface area (Å²) in [6, 6.07) is 12.7. The van der Waals surface area contributed by atoms with Crippen LogP contribution in [0, 0.1) is 0 Å². The Bertz CT molecular complexity index is 1240. The first-order valence-electron chi connectivity index (χ1n) is 10.9. The number of anilines is 1. The van der Waals surface area contributed by atoms with Crippen molar-refractivity contribution in [3.8, 4) is 16.9 Å². The lowest BCUT2D eigenvalue weighted by molar-refractivity contribution is 0.341. The van der Waals surface area contributed by atoms with Gasteiger partial charge in [0.15, 0.2) is 5.82 Å². The maximum absolute atomic E-state index is 6.40. The van der Waals surface area contributed by atoms with Gasteiger partial charge in [-0.3, -0.25) is 4.68 Å². The Kier molecular flexibility index (Phi) is 5.20. The van der Waals surface area contributed by atoms with Crippen molar-refractivity contribution in [1.29, 1.82) is 0 Å². The second kappa shape index (κ2) is 8.30. The molecular formula is C25H27N5O. The lowest BCUT2D eigenvalue weighted by atomic mass is 9.91. The number of nitrogen functional groups attached to an aromatic ring is 1. The predicted molar refractivity (Wildman–Crippen MR) is 125 cm³/mol. The summed E-state index contributed by atoms with van der Waals surface area (Å²) in [4.78, 5) is 7.31. The molecule has 0 atom stereocenters. The number of allylic oxidation sites excluding steroid dienone is 2. The number of ether oxygens (including phenoxy) is 1. The van der Waals surface area contributed by atoms with Crippen LogP contribution in [0.15, 0.2) is 55.0 Å². The van der Waals surface area contributed by atoms with E-state index in [9.17, 15) is 0 Å². The highest BCUT2D eigenvalue weighted by atomic mass is 16.5. The van der Waals surface area contributed by atoms with Crippen LogP contribution in [0.1, 0.15) is 43.9 Å². The summed E-state index contributed by atoms with van der Waals surface area (Å²) < 4.78 is 8.00. The summed E-state index contributed by atoms with van der Waals surface area (Å²) in [6.07, 6.45) is 10.7. The van der Waals surface area contributed by atoms with Crippen molar-refractivity contribution in [2.24, 2.45) is 0 Å². The number of hydrogen-bond acceptors (Lipinski definition) is 4. The molecule has 2 aromatic heterocycles. The molecule has 4 aromatic rings. The third-order valence-electron chi connectivity index (χ3n) is 5.91. The van der Waals surface area contributed by atoms with Gasteiger partial charge in [0.05, 0.1) is 36.1 Å². The van der Waals surface area contributed by atoms with Gasteiger partial charge in [0.2, 0.25) is 0 Å². The highest BCUT2D eigenvalue weighted by Gasteiger charge is 2.18. The van der Waals surface area contributed by atoms with Crippen LogP contribution < -0.4 is 10.5 Å². The summed E-state index contributed by atoms with van der Waals surface area (Å²) >= 11 is 0. The van der Waals surface area contributed by atoms with Crippen LogP contribution in [0.2, 0.25) is 0 Å². The Balaban J connectivity index is 1.61. The minimum absolute atomic E-state index is 0.516. The molecule has 6 heteroatoms. The summed E-state index contributed by atoms with van der Waals surface area (Å²) in [6.45, 7) is 3.19. The van der Waals surface area contributed by atoms with Crippen LogP contribution in [-0.4, -0.2) is 26.4 Å². The zero-order chi connectivity index (χ0) is 21.2. The molecule has 0 aliphatic heterocycles. The van der Waals surface area contributed by atoms with Crippen molar-refractivity contribution in [1.82, 2.24) is 19.7 Å². The van der Waals surface area contributed by atoms with Crippen LogP contribution in [0.3, 0.4) is 0 Å². The number of H-pyrrole nitrogens is 1. The molecule has 0 unspecified atom stereocenters. The van der Waals surface area contributed by atoms with Gasteiger partial charge in [0.1, 0.15) is 5.75 Å². The van der Waals surface area contributed by atoms with Crippen LogP contribution >= 0.6 is 0 Å². The van der Waals surface area contributed by atoms with E-state index < -0.39 is 0 Å². The van der Waals surface area contributed by atoms with Gasteiger partial charge in [0.25, 0.3) is 0 Å². The molecule has 2 aromatic carbocycles. The first-order chi connectivity index (χ1) is 15.2. The van der Waals surface area contributed by atoms with Gasteiger partial charge in [-0.1, -0.05) is 30.3 Å². The van der Waals surface area contributed by atoms with Crippen LogP contribution in [0.25, 0.3) is 27.6 Å². The number of aromatic nitrogens is 4. The third-order valence-corrected chi connectivity index (χ3v) is 5.91. The Labute approximate surface area is 181 Å². The molecule has 31 heavy (non-hydrogen) atoms. The average molecular weight is 414 g/mol. The molecule has 0 saturated heterocycles. The molecule has 158 valence electrons. The van der Waals surface area contributed by atoms with Crippen molar-refractivity contribution in [2.75, 3.05) is 12.3 Å². The van der Waals surface area contributed by atoms with E-state index in [1.807, 2.05) is 23.9 Å². The lowest BCUT2D eigenvalue weighted by Crippen LogP contribution is -2.02. The van der Waals surface area contributed by atoms with Gasteiger partial charge >= 0.3 is 0 Å². The Morgan fingerprint density at radius 3 is 2.87 bits per heavy atom. The van der Waals surface area contributed by atoms with Crippen LogP contribution in [0.4, 0.5) is 5.82 Å². The highest BCUT2D eigenvalue weighted by molar-refractivity contribution is 6.03. The standard InChI is InChI=1S/C25H27N5O/c1-2-31-23-13-18(17-7-4-3-5-8-17)11-12-20(23)21-9-6-10-22-24(21)25(26)29-30(22)15-19-14-27-16-28-19/h6-7,9-14,16H,2-5,8,15H2,1H3,(H2,26,29)(H,27,28). The molecule has 6 nitrogen and oxygen atoms in total. The van der Waals surface area contributed by atoms with E-state index in [-0.39, 0.29) is 0 Å². The number of nitrogens with one attached hydrogen (secondary N) is 1. The smallest absolute Gasteiger partial charge is 0.154 e. The Hall–Kier alpha value is -3.54. The maximum atomic E-state index is 6.40. The molecule has 0 saturated carbocycles. The predicted octanol–water partition coefficient (Wildman–Crippen LogP) is 5.41. The summed E-state index contributed by atoms with van der Waals surface area (Å²) in [5.74, 6) is 1.40. The van der Waals surface area contributed by atoms with Gasteiger partial charge in [-0.05, 0) is 61.4 Å². The molecule has 0 fully saturated rings. The molecular weight excluding hydrogens is 386 g/mol. The first kappa shape index (κ1) is 19.4. The van der Waals surface area contributed by atoms with Crippen LogP contribution in [0.5, 0.6) is 5.75 Å². The van der Waals surface area contributed by atoms with Gasteiger partial charge < -0.3 is 15.5 Å². The molecule has 5 rings (SSSR count). The number of fused-ring (bicyclic) bond motifs is 1. The fourth-order valence-corrected chi connectivity index (χ4v) is 4.45. The van der Waals surface area contributed by atoms with Crippen molar-refractivity contribution >= 4 is 22.3 Å². The van der Waals surface area contributed by atoms with Crippen molar-refractivity contribution in [3.63, 3.8) is 0 Å². The maximum Gasteiger partial charge on any atom is 0.154 e. The van der Waals surface area contributed by atoms with Gasteiger partial charge in [-0.15, -0.1) is 0 Å². The number of imidazole rings is 1. The van der Waals surface area contributed by atoms with Crippen molar-refractivity contribution < 1.29 is 4.74 Å². The largest absolute Gasteiger partial charge is 0.493 e. The Morgan fingerprint density at radius 2 is 2.10 bits per heavy atom. The van der Waals surface area contributed by atoms with E-state index in [0.717, 1.165) is 46.3 Å². The third kappa shape index (κ3) is 3.69. The second-order valence-corrected chi connectivity index (χ2v) is 7.92. The molecule has 1 aliphatic carbocycles. The highest BCUT2D eigenvalue weighted by Crippen LogP contribution is 2.40. The number of benzene rings is 2. The normalized spacial score (nSPS) is 14.0. The lowest BCUT2D eigenvalue weighted by Gasteiger charge is -2.17. The fraction of sp³-hybridized carbons (Fsp3) is 0.280. The SMILES string of the molecule is CCOc1cc(C2=CCCCC2)ccc1-c1cccc2c1c(N)nn2Cc1c[nH]cn1. The van der Waals surface area contributed by atoms with E-state index in [2.05, 4.69) is 51.5 Å². The molecule has 0 radical (unpaired) electrons. The van der Waals surface area contributed by atoms with E-state index in [0.29, 0.717) is 19.0 Å². The minimum Gasteiger partial charge on any atom is -0.493 e. The number of nitrogens with zero attached hydrogens (tertiary/aromatic N) is 3. The summed E-state index contributed by atoms with van der Waals surface area (Å²) in [5, 5.41) is 5.56. The number of hydrogen-bond donors (Lipinski definition) is 2. The molecule has 3 N–H and O–H groups in total. The quantitative estimate of drug-likeness (QED) is 0.443. The Morgan fingerprint density at radius 1 is 1.16 bits per heavy atom. The number of aromatic amines is 1. The fourth-order valence-electron chi connectivity index (χ4n) is 4.45. The monoisotopic (exact) mass is 413 g/mol. The second-order valence-electron chi connectivity index (χ2n) is 7.92. The zero-order valence-electron chi connectivity index (χ0n) is 17.8. The van der Waals surface area contributed by atoms with Gasteiger partial charge in [-0.2, -0.15) is 5.10 Å². The molecule has 0 amide bonds. The molecule has 2 heterocycles. The van der Waals surface area contributed by atoms with Gasteiger partial charge in [-0.25, -0.2) is 4.98 Å². The zero-order valence-corrected chi connectivity index (χ0v) is 17.8. The summed E-state index contributed by atoms with van der Waals surface area (Å²) in [5.41, 5.74) is 13.1.